The summed E-state index contributed by atoms with van der Waals surface area (Å²) in [7, 11) is 0. The van der Waals surface area contributed by atoms with Crippen LogP contribution in [0.1, 0.15) is 56.6 Å². The average Bonchev–Trinajstić information content (AvgIpc) is 3.74. The Hall–Kier alpha value is -3.35. The number of hydrogen-bond donors (Lipinski definition) is 2. The molecule has 0 bridgehead atoms. The van der Waals surface area contributed by atoms with Gasteiger partial charge in [0, 0.05) is 12.0 Å². The Kier molecular flexibility index (Phi) is 5.58. The first-order valence-electron chi connectivity index (χ1n) is 12.0. The molecule has 0 spiro atoms. The number of amides is 2. The van der Waals surface area contributed by atoms with Crippen molar-refractivity contribution in [1.82, 2.24) is 10.2 Å². The molecule has 2 fully saturated rings. The maximum Gasteiger partial charge on any atom is 0.408 e. The highest BCUT2D eigenvalue weighted by atomic mass is 16.5. The molecule has 2 unspecified atom stereocenters. The van der Waals surface area contributed by atoms with Crippen LogP contribution >= 0.6 is 0 Å². The molecule has 2 amide bonds. The first kappa shape index (κ1) is 22.4. The Labute approximate surface area is 199 Å². The van der Waals surface area contributed by atoms with E-state index >= 15 is 0 Å². The van der Waals surface area contributed by atoms with Crippen LogP contribution in [0.5, 0.6) is 0 Å². The molecule has 178 valence electrons. The van der Waals surface area contributed by atoms with Crippen molar-refractivity contribution in [2.75, 3.05) is 6.61 Å². The van der Waals surface area contributed by atoms with Gasteiger partial charge in [0.2, 0.25) is 5.91 Å². The third-order valence-corrected chi connectivity index (χ3v) is 7.49. The highest BCUT2D eigenvalue weighted by Gasteiger charge is 2.53. The minimum Gasteiger partial charge on any atom is -0.480 e. The van der Waals surface area contributed by atoms with E-state index in [0.717, 1.165) is 47.9 Å². The fraction of sp³-hybridized carbons (Fsp3) is 0.444. The summed E-state index contributed by atoms with van der Waals surface area (Å²) in [5, 5.41) is 12.4. The van der Waals surface area contributed by atoms with Crippen LogP contribution in [0.25, 0.3) is 11.1 Å². The molecule has 0 saturated heterocycles. The van der Waals surface area contributed by atoms with Gasteiger partial charge in [0.25, 0.3) is 0 Å². The first-order chi connectivity index (χ1) is 16.3. The van der Waals surface area contributed by atoms with Crippen LogP contribution in [0.15, 0.2) is 48.5 Å². The number of carbonyl (C=O) groups excluding carboxylic acids is 2. The quantitative estimate of drug-likeness (QED) is 0.614. The Morgan fingerprint density at radius 2 is 1.59 bits per heavy atom. The van der Waals surface area contributed by atoms with Crippen molar-refractivity contribution >= 4 is 18.0 Å². The third kappa shape index (κ3) is 3.93. The highest BCUT2D eigenvalue weighted by Crippen LogP contribution is 2.45. The molecular weight excluding hydrogens is 432 g/mol. The second-order valence-corrected chi connectivity index (χ2v) is 9.88. The van der Waals surface area contributed by atoms with Crippen LogP contribution in [-0.4, -0.2) is 52.2 Å². The Bertz CT molecular complexity index is 1090. The number of ether oxygens (including phenoxy) is 1. The molecule has 34 heavy (non-hydrogen) atoms. The molecule has 0 aromatic heterocycles. The van der Waals surface area contributed by atoms with E-state index in [0.29, 0.717) is 0 Å². The summed E-state index contributed by atoms with van der Waals surface area (Å²) in [4.78, 5) is 39.7. The minimum atomic E-state index is -1.19. The molecule has 7 heteroatoms. The summed E-state index contributed by atoms with van der Waals surface area (Å²) >= 11 is 0. The van der Waals surface area contributed by atoms with Crippen LogP contribution < -0.4 is 5.32 Å². The summed E-state index contributed by atoms with van der Waals surface area (Å²) in [6.07, 6.45) is 2.55. The predicted octanol–water partition coefficient (Wildman–Crippen LogP) is 4.16. The van der Waals surface area contributed by atoms with Gasteiger partial charge in [-0.3, -0.25) is 4.79 Å². The van der Waals surface area contributed by atoms with Gasteiger partial charge in [-0.15, -0.1) is 0 Å². The maximum atomic E-state index is 13.6. The molecule has 7 nitrogen and oxygen atoms in total. The van der Waals surface area contributed by atoms with E-state index in [-0.39, 0.29) is 30.4 Å². The SMILES string of the molecule is CC(C(=O)O)N(C(=O)C(C)(NC(=O)OCC1c2ccccc2-c2ccccc21)C1CC1)C1CC1. The zero-order chi connectivity index (χ0) is 24.0. The molecule has 2 N–H and O–H groups in total. The monoisotopic (exact) mass is 462 g/mol. The van der Waals surface area contributed by atoms with E-state index in [4.69, 9.17) is 4.74 Å². The number of carbonyl (C=O) groups is 3. The summed E-state index contributed by atoms with van der Waals surface area (Å²) in [5.74, 6) is -1.47. The number of nitrogens with one attached hydrogen (secondary N) is 1. The number of carboxylic acids is 1. The van der Waals surface area contributed by atoms with Crippen molar-refractivity contribution in [3.8, 4) is 11.1 Å². The molecule has 2 aromatic rings. The summed E-state index contributed by atoms with van der Waals surface area (Å²) in [6, 6.07) is 15.2. The number of nitrogens with zero attached hydrogens (tertiary/aromatic N) is 1. The van der Waals surface area contributed by atoms with Gasteiger partial charge >= 0.3 is 12.1 Å². The van der Waals surface area contributed by atoms with Gasteiger partial charge in [0.05, 0.1) is 0 Å². The number of alkyl carbamates (subject to hydrolysis) is 1. The second kappa shape index (κ2) is 8.46. The molecule has 0 aliphatic heterocycles. The van der Waals surface area contributed by atoms with Gasteiger partial charge in [-0.25, -0.2) is 9.59 Å². The van der Waals surface area contributed by atoms with Crippen LogP contribution in [0.4, 0.5) is 4.79 Å². The van der Waals surface area contributed by atoms with Crippen LogP contribution in [0.3, 0.4) is 0 Å². The number of benzene rings is 2. The smallest absolute Gasteiger partial charge is 0.408 e. The van der Waals surface area contributed by atoms with Crippen LogP contribution in [0.2, 0.25) is 0 Å². The predicted molar refractivity (Wildman–Crippen MR) is 126 cm³/mol. The van der Waals surface area contributed by atoms with Gasteiger partial charge < -0.3 is 20.1 Å². The zero-order valence-electron chi connectivity index (χ0n) is 19.5. The molecule has 2 atom stereocenters. The molecule has 5 rings (SSSR count). The van der Waals surface area contributed by atoms with E-state index in [1.165, 1.54) is 11.8 Å². The molecule has 3 aliphatic rings. The fourth-order valence-electron chi connectivity index (χ4n) is 5.24. The third-order valence-electron chi connectivity index (χ3n) is 7.49. The van der Waals surface area contributed by atoms with Gasteiger partial charge in [-0.2, -0.15) is 0 Å². The van der Waals surface area contributed by atoms with E-state index in [9.17, 15) is 19.5 Å². The van der Waals surface area contributed by atoms with E-state index in [2.05, 4.69) is 29.6 Å². The van der Waals surface area contributed by atoms with Crippen molar-refractivity contribution in [2.45, 2.75) is 63.1 Å². The van der Waals surface area contributed by atoms with Gasteiger partial charge in [0.15, 0.2) is 0 Å². The lowest BCUT2D eigenvalue weighted by molar-refractivity contribution is -0.153. The van der Waals surface area contributed by atoms with Crippen LogP contribution in [0, 0.1) is 5.92 Å². The number of fused-ring (bicyclic) bond motifs is 3. The number of carboxylic acid groups (broad SMARTS) is 1. The van der Waals surface area contributed by atoms with E-state index in [1.54, 1.807) is 6.92 Å². The zero-order valence-corrected chi connectivity index (χ0v) is 19.5. The van der Waals surface area contributed by atoms with Crippen molar-refractivity contribution in [1.29, 1.82) is 0 Å². The highest BCUT2D eigenvalue weighted by molar-refractivity contribution is 5.93. The van der Waals surface area contributed by atoms with Crippen molar-refractivity contribution < 1.29 is 24.2 Å². The Morgan fingerprint density at radius 1 is 1.03 bits per heavy atom. The number of hydrogen-bond acceptors (Lipinski definition) is 4. The largest absolute Gasteiger partial charge is 0.480 e. The van der Waals surface area contributed by atoms with Crippen LogP contribution in [-0.2, 0) is 14.3 Å². The summed E-state index contributed by atoms with van der Waals surface area (Å²) < 4.78 is 5.69. The topological polar surface area (TPSA) is 95.9 Å². The van der Waals surface area contributed by atoms with Crippen molar-refractivity contribution in [3.05, 3.63) is 59.7 Å². The van der Waals surface area contributed by atoms with E-state index < -0.39 is 23.6 Å². The fourth-order valence-corrected chi connectivity index (χ4v) is 5.24. The van der Waals surface area contributed by atoms with Gasteiger partial charge in [-0.1, -0.05) is 48.5 Å². The Morgan fingerprint density at radius 3 is 2.09 bits per heavy atom. The lowest BCUT2D eigenvalue weighted by Crippen LogP contribution is -2.62. The number of aliphatic carboxylic acids is 1. The standard InChI is InChI=1S/C27H30N2O5/c1-16(24(30)31)29(18-13-14-18)25(32)27(2,17-11-12-17)28-26(33)34-15-23-21-9-5-3-7-19(21)20-8-4-6-10-22(20)23/h3-10,16-18,23H,11-15H2,1-2H3,(H,28,33)(H,30,31). The maximum absolute atomic E-state index is 13.6. The lowest BCUT2D eigenvalue weighted by Gasteiger charge is -2.37. The van der Waals surface area contributed by atoms with Gasteiger partial charge in [-0.05, 0) is 67.7 Å². The molecular formula is C27H30N2O5. The minimum absolute atomic E-state index is 0.0253. The van der Waals surface area contributed by atoms with Crippen molar-refractivity contribution in [2.24, 2.45) is 5.92 Å². The van der Waals surface area contributed by atoms with Gasteiger partial charge in [0.1, 0.15) is 18.2 Å². The molecule has 2 aromatic carbocycles. The molecule has 2 saturated carbocycles. The number of rotatable bonds is 8. The molecule has 3 aliphatic carbocycles. The second-order valence-electron chi connectivity index (χ2n) is 9.88. The summed E-state index contributed by atoms with van der Waals surface area (Å²) in [6.45, 7) is 3.39. The molecule has 0 heterocycles. The Balaban J connectivity index is 1.31. The first-order valence-corrected chi connectivity index (χ1v) is 12.0. The summed E-state index contributed by atoms with van der Waals surface area (Å²) in [5.41, 5.74) is 3.34. The lowest BCUT2D eigenvalue weighted by atomic mass is 9.93. The van der Waals surface area contributed by atoms with Crippen molar-refractivity contribution in [3.63, 3.8) is 0 Å². The average molecular weight is 463 g/mol. The normalized spacial score (nSPS) is 19.4. The van der Waals surface area contributed by atoms with E-state index in [1.807, 2.05) is 24.3 Å². The molecule has 0 radical (unpaired) electrons.